The number of halogens is 2. The third-order valence-corrected chi connectivity index (χ3v) is 8.98. The summed E-state index contributed by atoms with van der Waals surface area (Å²) in [5.41, 5.74) is 2.36. The van der Waals surface area contributed by atoms with E-state index in [-0.39, 0.29) is 17.9 Å². The highest BCUT2D eigenvalue weighted by molar-refractivity contribution is 7.99. The van der Waals surface area contributed by atoms with Crippen LogP contribution in [0.25, 0.3) is 17.1 Å². The topological polar surface area (TPSA) is 80.6 Å². The van der Waals surface area contributed by atoms with Crippen molar-refractivity contribution in [1.29, 1.82) is 0 Å². The molecule has 2 amide bonds. The highest BCUT2D eigenvalue weighted by Gasteiger charge is 2.31. The number of rotatable bonds is 10. The number of aromatic nitrogens is 3. The molecule has 224 valence electrons. The summed E-state index contributed by atoms with van der Waals surface area (Å²) in [6, 6.07) is 22.6. The fourth-order valence-electron chi connectivity index (χ4n) is 5.11. The van der Waals surface area contributed by atoms with Crippen LogP contribution in [0.5, 0.6) is 5.75 Å². The first-order valence-corrected chi connectivity index (χ1v) is 15.9. The molecule has 3 aromatic carbocycles. The molecule has 5 rings (SSSR count). The second-order valence-corrected chi connectivity index (χ2v) is 12.2. The number of piperazine rings is 1. The van der Waals surface area contributed by atoms with Crippen molar-refractivity contribution >= 4 is 46.8 Å². The SMILES string of the molecule is COc1ccc(-n2c(SCCCCC(=O)N3CCN(C(=O)c4ccc(Cl)cc4Cl)C(C)C3)nnc2-c2ccccc2)cc1. The van der Waals surface area contributed by atoms with Crippen molar-refractivity contribution in [3.05, 3.63) is 88.4 Å². The Labute approximate surface area is 265 Å². The molecule has 1 aliphatic rings. The van der Waals surface area contributed by atoms with Gasteiger partial charge in [-0.15, -0.1) is 10.2 Å². The first-order valence-electron chi connectivity index (χ1n) is 14.2. The first-order chi connectivity index (χ1) is 20.9. The number of carbonyl (C=O) groups excluding carboxylic acids is 2. The van der Waals surface area contributed by atoms with E-state index in [2.05, 4.69) is 14.8 Å². The zero-order chi connectivity index (χ0) is 30.3. The molecule has 0 bridgehead atoms. The van der Waals surface area contributed by atoms with E-state index in [4.69, 9.17) is 27.9 Å². The van der Waals surface area contributed by atoms with E-state index in [0.29, 0.717) is 41.7 Å². The second-order valence-electron chi connectivity index (χ2n) is 10.3. The molecule has 1 unspecified atom stereocenters. The lowest BCUT2D eigenvalue weighted by Crippen LogP contribution is -2.55. The van der Waals surface area contributed by atoms with Gasteiger partial charge < -0.3 is 14.5 Å². The highest BCUT2D eigenvalue weighted by atomic mass is 35.5. The standard InChI is InChI=1S/C32H33Cl2N5O3S/c1-22-21-37(17-18-38(22)31(41)27-16-11-24(33)20-28(27)34)29(40)10-6-7-19-43-32-36-35-30(23-8-4-3-5-9-23)39(32)25-12-14-26(42-2)15-13-25/h3-5,8-9,11-16,20,22H,6-7,10,17-19,21H2,1-2H3. The molecule has 1 aliphatic heterocycles. The van der Waals surface area contributed by atoms with E-state index in [9.17, 15) is 9.59 Å². The van der Waals surface area contributed by atoms with Crippen molar-refractivity contribution in [3.63, 3.8) is 0 Å². The van der Waals surface area contributed by atoms with Crippen LogP contribution in [0.2, 0.25) is 10.0 Å². The number of amides is 2. The molecule has 0 N–H and O–H groups in total. The summed E-state index contributed by atoms with van der Waals surface area (Å²) in [6.07, 6.45) is 2.09. The van der Waals surface area contributed by atoms with Crippen molar-refractivity contribution < 1.29 is 14.3 Å². The van der Waals surface area contributed by atoms with Gasteiger partial charge in [0, 0.05) is 54.1 Å². The third-order valence-electron chi connectivity index (χ3n) is 7.41. The van der Waals surface area contributed by atoms with E-state index < -0.39 is 0 Å². The summed E-state index contributed by atoms with van der Waals surface area (Å²) >= 11 is 13.9. The Hall–Kier alpha value is -3.53. The lowest BCUT2D eigenvalue weighted by Gasteiger charge is -2.40. The predicted molar refractivity (Wildman–Crippen MR) is 171 cm³/mol. The van der Waals surface area contributed by atoms with Crippen LogP contribution in [0, 0.1) is 0 Å². The van der Waals surface area contributed by atoms with Gasteiger partial charge in [-0.05, 0) is 62.2 Å². The maximum atomic E-state index is 13.1. The monoisotopic (exact) mass is 637 g/mol. The number of thioether (sulfide) groups is 1. The van der Waals surface area contributed by atoms with Crippen LogP contribution in [0.15, 0.2) is 78.0 Å². The Morgan fingerprint density at radius 1 is 0.977 bits per heavy atom. The van der Waals surface area contributed by atoms with Gasteiger partial charge in [0.05, 0.1) is 17.7 Å². The van der Waals surface area contributed by atoms with Crippen LogP contribution in [0.3, 0.4) is 0 Å². The molecule has 1 atom stereocenters. The van der Waals surface area contributed by atoms with Gasteiger partial charge >= 0.3 is 0 Å². The highest BCUT2D eigenvalue weighted by Crippen LogP contribution is 2.30. The van der Waals surface area contributed by atoms with Gasteiger partial charge in [-0.3, -0.25) is 14.2 Å². The zero-order valence-electron chi connectivity index (χ0n) is 24.1. The van der Waals surface area contributed by atoms with Gasteiger partial charge in [-0.2, -0.15) is 0 Å². The number of carbonyl (C=O) groups is 2. The van der Waals surface area contributed by atoms with E-state index >= 15 is 0 Å². The lowest BCUT2D eigenvalue weighted by atomic mass is 10.1. The number of hydrogen-bond donors (Lipinski definition) is 0. The Bertz CT molecular complexity index is 1570. The Morgan fingerprint density at radius 3 is 2.44 bits per heavy atom. The molecule has 43 heavy (non-hydrogen) atoms. The number of nitrogens with zero attached hydrogens (tertiary/aromatic N) is 5. The molecule has 8 nitrogen and oxygen atoms in total. The lowest BCUT2D eigenvalue weighted by molar-refractivity contribution is -0.133. The largest absolute Gasteiger partial charge is 0.497 e. The van der Waals surface area contributed by atoms with Gasteiger partial charge in [0.2, 0.25) is 5.91 Å². The van der Waals surface area contributed by atoms with Gasteiger partial charge in [-0.25, -0.2) is 0 Å². The molecular weight excluding hydrogens is 605 g/mol. The second kappa shape index (κ2) is 14.3. The quantitative estimate of drug-likeness (QED) is 0.139. The third kappa shape index (κ3) is 7.34. The maximum absolute atomic E-state index is 13.1. The molecule has 0 radical (unpaired) electrons. The fourth-order valence-corrected chi connectivity index (χ4v) is 6.54. The van der Waals surface area contributed by atoms with E-state index in [0.717, 1.165) is 46.6 Å². The zero-order valence-corrected chi connectivity index (χ0v) is 26.4. The van der Waals surface area contributed by atoms with Gasteiger partial charge in [0.15, 0.2) is 11.0 Å². The van der Waals surface area contributed by atoms with Crippen LogP contribution in [-0.4, -0.2) is 74.9 Å². The van der Waals surface area contributed by atoms with Crippen LogP contribution < -0.4 is 4.74 Å². The summed E-state index contributed by atoms with van der Waals surface area (Å²) in [6.45, 7) is 3.42. The van der Waals surface area contributed by atoms with Crippen LogP contribution in [-0.2, 0) is 4.79 Å². The average molecular weight is 639 g/mol. The van der Waals surface area contributed by atoms with Gasteiger partial charge in [0.1, 0.15) is 5.75 Å². The number of unbranched alkanes of at least 4 members (excludes halogenated alkanes) is 1. The van der Waals surface area contributed by atoms with Crippen LogP contribution >= 0.6 is 35.0 Å². The molecule has 2 heterocycles. The molecule has 1 fully saturated rings. The van der Waals surface area contributed by atoms with E-state index in [1.807, 2.05) is 66.4 Å². The molecule has 1 aromatic heterocycles. The van der Waals surface area contributed by atoms with Crippen LogP contribution in [0.4, 0.5) is 0 Å². The van der Waals surface area contributed by atoms with Crippen molar-refractivity contribution in [2.45, 2.75) is 37.4 Å². The van der Waals surface area contributed by atoms with Crippen LogP contribution in [0.1, 0.15) is 36.5 Å². The normalized spacial score (nSPS) is 15.0. The minimum atomic E-state index is -0.142. The number of hydrogen-bond acceptors (Lipinski definition) is 6. The van der Waals surface area contributed by atoms with Crippen molar-refractivity contribution in [2.24, 2.45) is 0 Å². The molecule has 11 heteroatoms. The van der Waals surface area contributed by atoms with Crippen molar-refractivity contribution in [2.75, 3.05) is 32.5 Å². The Morgan fingerprint density at radius 2 is 1.74 bits per heavy atom. The Balaban J connectivity index is 1.14. The Kier molecular flexibility index (Phi) is 10.3. The number of ether oxygens (including phenoxy) is 1. The van der Waals surface area contributed by atoms with E-state index in [1.54, 1.807) is 42.0 Å². The molecule has 1 saturated heterocycles. The smallest absolute Gasteiger partial charge is 0.255 e. The molecule has 4 aromatic rings. The predicted octanol–water partition coefficient (Wildman–Crippen LogP) is 6.89. The minimum absolute atomic E-state index is 0.112. The molecular formula is C32H33Cl2N5O3S. The number of methoxy groups -OCH3 is 1. The molecule has 0 aliphatic carbocycles. The summed E-state index contributed by atoms with van der Waals surface area (Å²) in [5, 5.41) is 10.6. The van der Waals surface area contributed by atoms with Gasteiger partial charge in [0.25, 0.3) is 5.91 Å². The summed E-state index contributed by atoms with van der Waals surface area (Å²) < 4.78 is 7.39. The average Bonchev–Trinajstić information content (AvgIpc) is 3.44. The van der Waals surface area contributed by atoms with Crippen molar-refractivity contribution in [1.82, 2.24) is 24.6 Å². The summed E-state index contributed by atoms with van der Waals surface area (Å²) in [4.78, 5) is 29.7. The van der Waals surface area contributed by atoms with Crippen molar-refractivity contribution in [3.8, 4) is 22.8 Å². The molecule has 0 spiro atoms. The number of benzene rings is 3. The first kappa shape index (κ1) is 30.9. The summed E-state index contributed by atoms with van der Waals surface area (Å²) in [5.74, 6) is 2.33. The summed E-state index contributed by atoms with van der Waals surface area (Å²) in [7, 11) is 1.65. The van der Waals surface area contributed by atoms with E-state index in [1.165, 1.54) is 0 Å². The fraction of sp³-hybridized carbons (Fsp3) is 0.312. The molecule has 0 saturated carbocycles. The maximum Gasteiger partial charge on any atom is 0.255 e. The van der Waals surface area contributed by atoms with Gasteiger partial charge in [-0.1, -0.05) is 65.3 Å². The minimum Gasteiger partial charge on any atom is -0.497 e.